The van der Waals surface area contributed by atoms with Gasteiger partial charge < -0.3 is 20.2 Å². The summed E-state index contributed by atoms with van der Waals surface area (Å²) in [5.74, 6) is -1.76. The number of nitrogens with zero attached hydrogens (tertiary/aromatic N) is 2. The van der Waals surface area contributed by atoms with Crippen LogP contribution in [-0.4, -0.2) is 65.0 Å². The maximum atomic E-state index is 13.8. The number of likely N-dealkylation sites (tertiary alicyclic amines) is 2. The molecule has 2 fully saturated rings. The second kappa shape index (κ2) is 7.54. The Balaban J connectivity index is 1.50. The first-order chi connectivity index (χ1) is 12.8. The molecule has 0 saturated carbocycles. The Morgan fingerprint density at radius 2 is 1.81 bits per heavy atom. The van der Waals surface area contributed by atoms with E-state index in [1.807, 2.05) is 0 Å². The summed E-state index contributed by atoms with van der Waals surface area (Å²) in [5.41, 5.74) is -0.836. The van der Waals surface area contributed by atoms with Crippen molar-refractivity contribution in [3.05, 3.63) is 35.6 Å². The molecule has 146 valence electrons. The van der Waals surface area contributed by atoms with Crippen LogP contribution in [-0.2, 0) is 4.79 Å². The first kappa shape index (κ1) is 19.1. The van der Waals surface area contributed by atoms with E-state index in [1.165, 1.54) is 17.0 Å². The van der Waals surface area contributed by atoms with Gasteiger partial charge in [-0.3, -0.25) is 9.59 Å². The van der Waals surface area contributed by atoms with Gasteiger partial charge in [-0.25, -0.2) is 9.18 Å². The molecule has 3 amide bonds. The molecule has 7 nitrogen and oxygen atoms in total. The lowest BCUT2D eigenvalue weighted by molar-refractivity contribution is -0.147. The molecule has 0 bridgehead atoms. The Hall–Kier alpha value is -2.64. The van der Waals surface area contributed by atoms with E-state index in [0.29, 0.717) is 38.9 Å². The minimum Gasteiger partial charge on any atom is -0.481 e. The highest BCUT2D eigenvalue weighted by molar-refractivity contribution is 5.94. The molecular weight excluding hydrogens is 353 g/mol. The molecule has 2 saturated heterocycles. The maximum absolute atomic E-state index is 13.8. The van der Waals surface area contributed by atoms with E-state index in [0.717, 1.165) is 0 Å². The number of amides is 3. The van der Waals surface area contributed by atoms with Crippen LogP contribution in [0.2, 0.25) is 0 Å². The predicted octanol–water partition coefficient (Wildman–Crippen LogP) is 1.94. The van der Waals surface area contributed by atoms with E-state index in [1.54, 1.807) is 24.0 Å². The highest BCUT2D eigenvalue weighted by Crippen LogP contribution is 2.30. The topological polar surface area (TPSA) is 89.9 Å². The zero-order valence-corrected chi connectivity index (χ0v) is 15.3. The quantitative estimate of drug-likeness (QED) is 0.842. The number of carbonyl (C=O) groups is 3. The van der Waals surface area contributed by atoms with Crippen LogP contribution in [0.25, 0.3) is 0 Å². The molecule has 2 aliphatic rings. The number of hydrogen-bond donors (Lipinski definition) is 2. The van der Waals surface area contributed by atoms with Gasteiger partial charge in [0.15, 0.2) is 0 Å². The third-order valence-corrected chi connectivity index (χ3v) is 5.49. The molecule has 2 aliphatic heterocycles. The van der Waals surface area contributed by atoms with E-state index < -0.39 is 17.2 Å². The SMILES string of the molecule is CC1(C(=O)O)CCN(C(=O)NC2CCN(C(=O)c3ccccc3F)CC2)C1. The Bertz CT molecular complexity index is 748. The molecule has 0 spiro atoms. The summed E-state index contributed by atoms with van der Waals surface area (Å²) in [5, 5.41) is 12.2. The van der Waals surface area contributed by atoms with Crippen LogP contribution in [0.5, 0.6) is 0 Å². The van der Waals surface area contributed by atoms with Crippen molar-refractivity contribution in [1.82, 2.24) is 15.1 Å². The predicted molar refractivity (Wildman–Crippen MR) is 95.8 cm³/mol. The normalized spacial score (nSPS) is 23.3. The van der Waals surface area contributed by atoms with Crippen LogP contribution in [0.15, 0.2) is 24.3 Å². The van der Waals surface area contributed by atoms with Crippen LogP contribution in [0.1, 0.15) is 36.5 Å². The van der Waals surface area contributed by atoms with Crippen molar-refractivity contribution in [2.45, 2.75) is 32.2 Å². The molecule has 1 atom stereocenters. The molecule has 8 heteroatoms. The Morgan fingerprint density at radius 3 is 2.41 bits per heavy atom. The summed E-state index contributed by atoms with van der Waals surface area (Å²) in [6.07, 6.45) is 1.59. The zero-order chi connectivity index (χ0) is 19.6. The van der Waals surface area contributed by atoms with Gasteiger partial charge in [0.1, 0.15) is 5.82 Å². The largest absolute Gasteiger partial charge is 0.481 e. The molecule has 0 radical (unpaired) electrons. The van der Waals surface area contributed by atoms with Crippen LogP contribution in [0.4, 0.5) is 9.18 Å². The van der Waals surface area contributed by atoms with Gasteiger partial charge in [-0.2, -0.15) is 0 Å². The smallest absolute Gasteiger partial charge is 0.317 e. The molecule has 27 heavy (non-hydrogen) atoms. The average Bonchev–Trinajstić information content (AvgIpc) is 3.06. The lowest BCUT2D eigenvalue weighted by Gasteiger charge is -2.33. The molecule has 0 aliphatic carbocycles. The number of carboxylic acids is 1. The molecule has 1 aromatic carbocycles. The summed E-state index contributed by atoms with van der Waals surface area (Å²) < 4.78 is 13.8. The summed E-state index contributed by atoms with van der Waals surface area (Å²) in [7, 11) is 0. The first-order valence-electron chi connectivity index (χ1n) is 9.13. The Kier molecular flexibility index (Phi) is 5.34. The fraction of sp³-hybridized carbons (Fsp3) is 0.526. The fourth-order valence-electron chi connectivity index (χ4n) is 3.61. The number of hydrogen-bond acceptors (Lipinski definition) is 3. The Labute approximate surface area is 157 Å². The van der Waals surface area contributed by atoms with E-state index in [-0.39, 0.29) is 30.1 Å². The van der Waals surface area contributed by atoms with Crippen molar-refractivity contribution in [3.8, 4) is 0 Å². The van der Waals surface area contributed by atoms with Gasteiger partial charge in [0.2, 0.25) is 0 Å². The molecule has 2 heterocycles. The van der Waals surface area contributed by atoms with Gasteiger partial charge in [-0.05, 0) is 38.3 Å². The second-order valence-electron chi connectivity index (χ2n) is 7.53. The van der Waals surface area contributed by atoms with E-state index in [2.05, 4.69) is 5.32 Å². The number of carboxylic acid groups (broad SMARTS) is 1. The number of halogens is 1. The monoisotopic (exact) mass is 377 g/mol. The van der Waals surface area contributed by atoms with Crippen LogP contribution < -0.4 is 5.32 Å². The number of benzene rings is 1. The van der Waals surface area contributed by atoms with Gasteiger partial charge in [-0.15, -0.1) is 0 Å². The van der Waals surface area contributed by atoms with Crippen molar-refractivity contribution in [3.63, 3.8) is 0 Å². The van der Waals surface area contributed by atoms with E-state index in [4.69, 9.17) is 0 Å². The summed E-state index contributed by atoms with van der Waals surface area (Å²) in [6, 6.07) is 5.56. The summed E-state index contributed by atoms with van der Waals surface area (Å²) in [4.78, 5) is 39.3. The zero-order valence-electron chi connectivity index (χ0n) is 15.3. The number of urea groups is 1. The minimum absolute atomic E-state index is 0.0602. The summed E-state index contributed by atoms with van der Waals surface area (Å²) in [6.45, 7) is 3.13. The van der Waals surface area contributed by atoms with Crippen LogP contribution in [0.3, 0.4) is 0 Å². The van der Waals surface area contributed by atoms with Crippen molar-refractivity contribution in [2.24, 2.45) is 5.41 Å². The second-order valence-corrected chi connectivity index (χ2v) is 7.53. The van der Waals surface area contributed by atoms with Gasteiger partial charge in [0.05, 0.1) is 11.0 Å². The average molecular weight is 377 g/mol. The maximum Gasteiger partial charge on any atom is 0.317 e. The first-order valence-corrected chi connectivity index (χ1v) is 9.13. The molecule has 1 unspecified atom stereocenters. The number of rotatable bonds is 3. The standard InChI is InChI=1S/C19H24FN3O4/c1-19(17(25)26)8-11-23(12-19)18(27)21-13-6-9-22(10-7-13)16(24)14-4-2-3-5-15(14)20/h2-5,13H,6-12H2,1H3,(H,21,27)(H,25,26). The lowest BCUT2D eigenvalue weighted by atomic mass is 9.90. The Morgan fingerprint density at radius 1 is 1.15 bits per heavy atom. The van der Waals surface area contributed by atoms with Gasteiger partial charge in [0, 0.05) is 32.2 Å². The van der Waals surface area contributed by atoms with Crippen molar-refractivity contribution in [2.75, 3.05) is 26.2 Å². The van der Waals surface area contributed by atoms with Crippen molar-refractivity contribution in [1.29, 1.82) is 0 Å². The highest BCUT2D eigenvalue weighted by Gasteiger charge is 2.42. The molecule has 3 rings (SSSR count). The third-order valence-electron chi connectivity index (χ3n) is 5.49. The van der Waals surface area contributed by atoms with Gasteiger partial charge in [0.25, 0.3) is 5.91 Å². The minimum atomic E-state index is -0.896. The van der Waals surface area contributed by atoms with Gasteiger partial charge in [-0.1, -0.05) is 12.1 Å². The molecule has 0 aromatic heterocycles. The lowest BCUT2D eigenvalue weighted by Crippen LogP contribution is -2.50. The molecular formula is C19H24FN3O4. The van der Waals surface area contributed by atoms with Crippen molar-refractivity contribution < 1.29 is 23.9 Å². The number of nitrogens with one attached hydrogen (secondary N) is 1. The van der Waals surface area contributed by atoms with Crippen LogP contribution in [0, 0.1) is 11.2 Å². The number of carbonyl (C=O) groups excluding carboxylic acids is 2. The molecule has 2 N–H and O–H groups in total. The van der Waals surface area contributed by atoms with E-state index >= 15 is 0 Å². The van der Waals surface area contributed by atoms with Gasteiger partial charge >= 0.3 is 12.0 Å². The van der Waals surface area contributed by atoms with Crippen molar-refractivity contribution >= 4 is 17.9 Å². The van der Waals surface area contributed by atoms with E-state index in [9.17, 15) is 23.9 Å². The highest BCUT2D eigenvalue weighted by atomic mass is 19.1. The number of piperidine rings is 1. The van der Waals surface area contributed by atoms with Crippen LogP contribution >= 0.6 is 0 Å². The molecule has 1 aromatic rings. The summed E-state index contributed by atoms with van der Waals surface area (Å²) >= 11 is 0. The fourth-order valence-corrected chi connectivity index (χ4v) is 3.61. The third kappa shape index (κ3) is 4.04. The number of aliphatic carboxylic acids is 1.